The van der Waals surface area contributed by atoms with Crippen LogP contribution in [0.3, 0.4) is 0 Å². The Hall–Kier alpha value is -2.30. The molecular formula is C18H16ClF7N4. The Balaban J connectivity index is 1.81. The molecule has 0 radical (unpaired) electrons. The van der Waals surface area contributed by atoms with Gasteiger partial charge in [0.1, 0.15) is 0 Å². The molecule has 0 aliphatic carbocycles. The van der Waals surface area contributed by atoms with Gasteiger partial charge in [-0.1, -0.05) is 23.7 Å². The molecule has 0 amide bonds. The van der Waals surface area contributed by atoms with Gasteiger partial charge in [-0.2, -0.15) is 26.3 Å². The van der Waals surface area contributed by atoms with E-state index in [2.05, 4.69) is 9.97 Å². The highest BCUT2D eigenvalue weighted by molar-refractivity contribution is 6.31. The van der Waals surface area contributed by atoms with E-state index in [1.165, 1.54) is 12.4 Å². The van der Waals surface area contributed by atoms with E-state index in [1.807, 2.05) is 11.8 Å². The molecule has 0 N–H and O–H groups in total. The first-order valence-electron chi connectivity index (χ1n) is 8.77. The SMILES string of the molecule is C[C@@H]1CN(c2nccnc2Cl)CCN1c1ccc(C(F)(C(F)(F)F)C(F)(F)F)cc1. The summed E-state index contributed by atoms with van der Waals surface area (Å²) < 4.78 is 91.6. The summed E-state index contributed by atoms with van der Waals surface area (Å²) in [5.41, 5.74) is -6.57. The number of piperazine rings is 1. The molecule has 1 aromatic carbocycles. The molecule has 12 heteroatoms. The van der Waals surface area contributed by atoms with Crippen molar-refractivity contribution in [2.45, 2.75) is 31.0 Å². The van der Waals surface area contributed by atoms with E-state index in [-0.39, 0.29) is 11.2 Å². The molecule has 3 rings (SSSR count). The predicted molar refractivity (Wildman–Crippen MR) is 97.4 cm³/mol. The quantitative estimate of drug-likeness (QED) is 0.599. The number of aromatic nitrogens is 2. The van der Waals surface area contributed by atoms with E-state index in [4.69, 9.17) is 11.6 Å². The smallest absolute Gasteiger partial charge is 0.365 e. The third kappa shape index (κ3) is 3.86. The second-order valence-electron chi connectivity index (χ2n) is 6.86. The van der Waals surface area contributed by atoms with Crippen molar-refractivity contribution in [3.8, 4) is 0 Å². The monoisotopic (exact) mass is 456 g/mol. The van der Waals surface area contributed by atoms with Crippen molar-refractivity contribution in [2.75, 3.05) is 29.4 Å². The van der Waals surface area contributed by atoms with Crippen LogP contribution in [0.1, 0.15) is 12.5 Å². The Kier molecular flexibility index (Phi) is 5.78. The van der Waals surface area contributed by atoms with Gasteiger partial charge in [0, 0.05) is 49.3 Å². The van der Waals surface area contributed by atoms with E-state index in [9.17, 15) is 30.7 Å². The first kappa shape index (κ1) is 22.4. The van der Waals surface area contributed by atoms with Gasteiger partial charge < -0.3 is 9.80 Å². The minimum Gasteiger partial charge on any atom is -0.365 e. The van der Waals surface area contributed by atoms with Crippen LogP contribution in [0.15, 0.2) is 36.7 Å². The largest absolute Gasteiger partial charge is 0.435 e. The molecule has 0 unspecified atom stereocenters. The first-order chi connectivity index (χ1) is 13.9. The van der Waals surface area contributed by atoms with E-state index in [0.29, 0.717) is 43.3 Å². The lowest BCUT2D eigenvalue weighted by atomic mass is 9.94. The Bertz CT molecular complexity index is 871. The Morgan fingerprint density at radius 2 is 1.47 bits per heavy atom. The second kappa shape index (κ2) is 7.75. The number of hydrogen-bond donors (Lipinski definition) is 0. The molecule has 164 valence electrons. The fraction of sp³-hybridized carbons (Fsp3) is 0.444. The molecule has 1 aromatic heterocycles. The molecule has 2 aromatic rings. The van der Waals surface area contributed by atoms with Crippen molar-refractivity contribution >= 4 is 23.1 Å². The van der Waals surface area contributed by atoms with Gasteiger partial charge in [-0.05, 0) is 19.1 Å². The van der Waals surface area contributed by atoms with Gasteiger partial charge >= 0.3 is 18.0 Å². The lowest BCUT2D eigenvalue weighted by Gasteiger charge is -2.42. The van der Waals surface area contributed by atoms with Crippen LogP contribution in [0, 0.1) is 0 Å². The number of hydrogen-bond acceptors (Lipinski definition) is 4. The van der Waals surface area contributed by atoms with Crippen molar-refractivity contribution < 1.29 is 30.7 Å². The van der Waals surface area contributed by atoms with Crippen LogP contribution in [0.4, 0.5) is 42.2 Å². The van der Waals surface area contributed by atoms with Gasteiger partial charge in [0.15, 0.2) is 11.0 Å². The van der Waals surface area contributed by atoms with E-state index >= 15 is 0 Å². The molecule has 30 heavy (non-hydrogen) atoms. The molecule has 1 fully saturated rings. The maximum atomic E-state index is 14.2. The van der Waals surface area contributed by atoms with Gasteiger partial charge in [0.2, 0.25) is 0 Å². The molecular weight excluding hydrogens is 441 g/mol. The van der Waals surface area contributed by atoms with Gasteiger partial charge in [-0.15, -0.1) is 0 Å². The summed E-state index contributed by atoms with van der Waals surface area (Å²) in [5, 5.41) is 0.223. The van der Waals surface area contributed by atoms with E-state index < -0.39 is 23.6 Å². The van der Waals surface area contributed by atoms with E-state index in [1.54, 1.807) is 4.90 Å². The number of nitrogens with zero attached hydrogens (tertiary/aromatic N) is 4. The number of halogens is 8. The number of rotatable bonds is 3. The van der Waals surface area contributed by atoms with Crippen LogP contribution >= 0.6 is 11.6 Å². The summed E-state index contributed by atoms with van der Waals surface area (Å²) in [6.07, 6.45) is -9.34. The number of anilines is 2. The summed E-state index contributed by atoms with van der Waals surface area (Å²) >= 11 is 6.04. The standard InChI is InChI=1S/C18H16ClF7N4/c1-11-10-29(15-14(19)27-6-7-28-15)8-9-30(11)13-4-2-12(3-5-13)16(20,17(21,22)23)18(24,25)26/h2-7,11H,8-10H2,1H3/t11-/m1/s1. The normalized spacial score (nSPS) is 18.6. The molecule has 1 atom stereocenters. The van der Waals surface area contributed by atoms with Gasteiger partial charge in [-0.25, -0.2) is 14.4 Å². The Morgan fingerprint density at radius 3 is 1.97 bits per heavy atom. The highest BCUT2D eigenvalue weighted by Gasteiger charge is 2.73. The summed E-state index contributed by atoms with van der Waals surface area (Å²) in [6.45, 7) is 3.11. The van der Waals surface area contributed by atoms with Crippen LogP contribution in [-0.2, 0) is 5.67 Å². The van der Waals surface area contributed by atoms with Crippen LogP contribution in [0.2, 0.25) is 5.15 Å². The molecule has 1 aliphatic rings. The lowest BCUT2D eigenvalue weighted by molar-refractivity contribution is -0.348. The minimum absolute atomic E-state index is 0.178. The van der Waals surface area contributed by atoms with Crippen molar-refractivity contribution in [3.63, 3.8) is 0 Å². The fourth-order valence-corrected chi connectivity index (χ4v) is 3.65. The maximum absolute atomic E-state index is 14.2. The molecule has 2 heterocycles. The average molecular weight is 457 g/mol. The summed E-state index contributed by atoms with van der Waals surface area (Å²) in [6, 6.07) is 2.98. The zero-order chi connectivity index (χ0) is 22.3. The maximum Gasteiger partial charge on any atom is 0.435 e. The molecule has 0 spiro atoms. The summed E-state index contributed by atoms with van der Waals surface area (Å²) in [4.78, 5) is 11.8. The third-order valence-corrected chi connectivity index (χ3v) is 5.21. The lowest BCUT2D eigenvalue weighted by Crippen LogP contribution is -2.52. The van der Waals surface area contributed by atoms with Crippen molar-refractivity contribution in [1.82, 2.24) is 9.97 Å². The predicted octanol–water partition coefficient (Wildman–Crippen LogP) is 5.13. The third-order valence-electron chi connectivity index (χ3n) is 4.94. The van der Waals surface area contributed by atoms with Crippen molar-refractivity contribution in [3.05, 3.63) is 47.4 Å². The van der Waals surface area contributed by atoms with Crippen LogP contribution < -0.4 is 9.80 Å². The number of benzene rings is 1. The van der Waals surface area contributed by atoms with Crippen molar-refractivity contribution in [2.24, 2.45) is 0 Å². The number of alkyl halides is 7. The van der Waals surface area contributed by atoms with Gasteiger partial charge in [0.25, 0.3) is 0 Å². The fourth-order valence-electron chi connectivity index (χ4n) is 3.43. The second-order valence-corrected chi connectivity index (χ2v) is 7.22. The summed E-state index contributed by atoms with van der Waals surface area (Å²) in [7, 11) is 0. The average Bonchev–Trinajstić information content (AvgIpc) is 2.66. The van der Waals surface area contributed by atoms with Crippen LogP contribution in [0.25, 0.3) is 0 Å². The molecule has 0 saturated carbocycles. The zero-order valence-electron chi connectivity index (χ0n) is 15.5. The zero-order valence-corrected chi connectivity index (χ0v) is 16.2. The minimum atomic E-state index is -6.14. The highest BCUT2D eigenvalue weighted by atomic mass is 35.5. The Morgan fingerprint density at radius 1 is 0.900 bits per heavy atom. The van der Waals surface area contributed by atoms with Crippen LogP contribution in [0.5, 0.6) is 0 Å². The first-order valence-corrected chi connectivity index (χ1v) is 9.15. The van der Waals surface area contributed by atoms with E-state index in [0.717, 1.165) is 12.1 Å². The Labute approximate surface area is 172 Å². The van der Waals surface area contributed by atoms with Crippen LogP contribution in [-0.4, -0.2) is 48.0 Å². The topological polar surface area (TPSA) is 32.3 Å². The molecule has 4 nitrogen and oxygen atoms in total. The van der Waals surface area contributed by atoms with Crippen molar-refractivity contribution in [1.29, 1.82) is 0 Å². The highest BCUT2D eigenvalue weighted by Crippen LogP contribution is 2.53. The van der Waals surface area contributed by atoms with Gasteiger partial charge in [0.05, 0.1) is 0 Å². The molecule has 0 bridgehead atoms. The van der Waals surface area contributed by atoms with Gasteiger partial charge in [-0.3, -0.25) is 0 Å². The molecule has 1 saturated heterocycles. The molecule has 1 aliphatic heterocycles. The summed E-state index contributed by atoms with van der Waals surface area (Å²) in [5.74, 6) is 0.485.